The standard InChI is InChI=1S/C19H23F2N3O2/c1-3-13-5-4-6-15(11-13)24-19(22)23-10-9-14-7-8-16(25-2)17(12-14)26-18(20)21/h4-8,11-12,18H,3,9-10H2,1-2H3,(H3,22,23,24). The lowest BCUT2D eigenvalue weighted by molar-refractivity contribution is -0.0512. The van der Waals surface area contributed by atoms with Crippen molar-refractivity contribution in [3.05, 3.63) is 53.6 Å². The number of nitrogens with two attached hydrogens (primary N) is 1. The Morgan fingerprint density at radius 2 is 1.96 bits per heavy atom. The zero-order chi connectivity index (χ0) is 18.9. The molecule has 0 aliphatic carbocycles. The van der Waals surface area contributed by atoms with Crippen molar-refractivity contribution < 1.29 is 18.3 Å². The fraction of sp³-hybridized carbons (Fsp3) is 0.316. The van der Waals surface area contributed by atoms with Crippen LogP contribution in [0, 0.1) is 0 Å². The van der Waals surface area contributed by atoms with Crippen molar-refractivity contribution in [2.45, 2.75) is 26.4 Å². The predicted molar refractivity (Wildman–Crippen MR) is 99.3 cm³/mol. The lowest BCUT2D eigenvalue weighted by atomic mass is 10.1. The second-order valence-corrected chi connectivity index (χ2v) is 5.56. The molecule has 0 fully saturated rings. The van der Waals surface area contributed by atoms with E-state index >= 15 is 0 Å². The second-order valence-electron chi connectivity index (χ2n) is 5.56. The van der Waals surface area contributed by atoms with Crippen molar-refractivity contribution in [3.8, 4) is 11.5 Å². The molecule has 0 saturated heterocycles. The highest BCUT2D eigenvalue weighted by molar-refractivity contribution is 5.92. The fourth-order valence-corrected chi connectivity index (χ4v) is 2.43. The van der Waals surface area contributed by atoms with Gasteiger partial charge in [-0.25, -0.2) is 0 Å². The van der Waals surface area contributed by atoms with E-state index in [-0.39, 0.29) is 11.5 Å². The molecule has 7 heteroatoms. The van der Waals surface area contributed by atoms with Crippen LogP contribution in [0.4, 0.5) is 14.5 Å². The van der Waals surface area contributed by atoms with Gasteiger partial charge in [0.2, 0.25) is 0 Å². The Morgan fingerprint density at radius 1 is 1.15 bits per heavy atom. The maximum Gasteiger partial charge on any atom is 0.387 e. The van der Waals surface area contributed by atoms with E-state index in [0.717, 1.165) is 17.7 Å². The minimum absolute atomic E-state index is 0.00598. The van der Waals surface area contributed by atoms with E-state index in [1.165, 1.54) is 18.7 Å². The molecular weight excluding hydrogens is 340 g/mol. The number of aryl methyl sites for hydroxylation is 1. The summed E-state index contributed by atoms with van der Waals surface area (Å²) < 4.78 is 34.4. The van der Waals surface area contributed by atoms with Gasteiger partial charge in [-0.15, -0.1) is 0 Å². The average Bonchev–Trinajstić information content (AvgIpc) is 2.61. The lowest BCUT2D eigenvalue weighted by Crippen LogP contribution is -2.23. The maximum absolute atomic E-state index is 12.5. The van der Waals surface area contributed by atoms with Crippen LogP contribution in [-0.4, -0.2) is 26.2 Å². The monoisotopic (exact) mass is 363 g/mol. The van der Waals surface area contributed by atoms with Crippen LogP contribution in [-0.2, 0) is 12.8 Å². The number of halogens is 2. The van der Waals surface area contributed by atoms with E-state index in [9.17, 15) is 8.78 Å². The highest BCUT2D eigenvalue weighted by Gasteiger charge is 2.11. The van der Waals surface area contributed by atoms with Crippen molar-refractivity contribution in [2.75, 3.05) is 19.0 Å². The van der Waals surface area contributed by atoms with Gasteiger partial charge in [0.05, 0.1) is 7.11 Å². The van der Waals surface area contributed by atoms with Gasteiger partial charge in [0.1, 0.15) is 0 Å². The summed E-state index contributed by atoms with van der Waals surface area (Å²) in [6.45, 7) is -0.416. The van der Waals surface area contributed by atoms with Crippen molar-refractivity contribution in [1.82, 2.24) is 0 Å². The average molecular weight is 363 g/mol. The summed E-state index contributed by atoms with van der Waals surface area (Å²) in [6.07, 6.45) is 1.47. The Morgan fingerprint density at radius 3 is 2.65 bits per heavy atom. The van der Waals surface area contributed by atoms with Crippen LogP contribution in [0.25, 0.3) is 0 Å². The summed E-state index contributed by atoms with van der Waals surface area (Å²) in [7, 11) is 1.40. The van der Waals surface area contributed by atoms with Crippen LogP contribution in [0.5, 0.6) is 11.5 Å². The number of nitrogens with zero attached hydrogens (tertiary/aromatic N) is 1. The Labute approximate surface area is 151 Å². The predicted octanol–water partition coefficient (Wildman–Crippen LogP) is 3.83. The number of guanidine groups is 1. The molecule has 0 unspecified atom stereocenters. The number of anilines is 1. The first-order valence-corrected chi connectivity index (χ1v) is 8.29. The smallest absolute Gasteiger partial charge is 0.387 e. The summed E-state index contributed by atoms with van der Waals surface area (Å²) in [5, 5.41) is 3.04. The lowest BCUT2D eigenvalue weighted by Gasteiger charge is -2.11. The summed E-state index contributed by atoms with van der Waals surface area (Å²) >= 11 is 0. The molecule has 140 valence electrons. The van der Waals surface area contributed by atoms with Gasteiger partial charge >= 0.3 is 6.61 Å². The van der Waals surface area contributed by atoms with E-state index in [4.69, 9.17) is 10.5 Å². The van der Waals surface area contributed by atoms with Crippen molar-refractivity contribution >= 4 is 11.6 Å². The van der Waals surface area contributed by atoms with Crippen LogP contribution in [0.3, 0.4) is 0 Å². The number of ether oxygens (including phenoxy) is 2. The Balaban J connectivity index is 1.96. The number of hydrogen-bond donors (Lipinski definition) is 2. The van der Waals surface area contributed by atoms with E-state index in [1.807, 2.05) is 24.3 Å². The van der Waals surface area contributed by atoms with E-state index in [1.54, 1.807) is 12.1 Å². The second kappa shape index (κ2) is 9.60. The molecule has 26 heavy (non-hydrogen) atoms. The molecule has 5 nitrogen and oxygen atoms in total. The Kier molecular flexibility index (Phi) is 7.20. The van der Waals surface area contributed by atoms with E-state index < -0.39 is 6.61 Å². The first kappa shape index (κ1) is 19.5. The number of benzene rings is 2. The summed E-state index contributed by atoms with van der Waals surface area (Å²) in [6, 6.07) is 12.8. The van der Waals surface area contributed by atoms with Crippen molar-refractivity contribution in [1.29, 1.82) is 0 Å². The molecule has 0 radical (unpaired) electrons. The normalized spacial score (nSPS) is 11.5. The Hall–Kier alpha value is -2.83. The van der Waals surface area contributed by atoms with Crippen LogP contribution in [0.15, 0.2) is 47.5 Å². The molecule has 0 atom stereocenters. The van der Waals surface area contributed by atoms with Gasteiger partial charge in [-0.1, -0.05) is 25.1 Å². The summed E-state index contributed by atoms with van der Waals surface area (Å²) in [5.41, 5.74) is 8.77. The molecule has 0 bridgehead atoms. The molecule has 0 spiro atoms. The van der Waals surface area contributed by atoms with Crippen LogP contribution >= 0.6 is 0 Å². The molecule has 3 N–H and O–H groups in total. The van der Waals surface area contributed by atoms with Gasteiger partial charge in [-0.3, -0.25) is 4.99 Å². The SMILES string of the molecule is CCc1cccc(NC(N)=NCCc2ccc(OC)c(OC(F)F)c2)c1. The summed E-state index contributed by atoms with van der Waals surface area (Å²) in [5.74, 6) is 0.566. The number of rotatable bonds is 8. The molecule has 2 aromatic rings. The third-order valence-corrected chi connectivity index (χ3v) is 3.73. The van der Waals surface area contributed by atoms with Crippen LogP contribution < -0.4 is 20.5 Å². The topological polar surface area (TPSA) is 68.9 Å². The zero-order valence-corrected chi connectivity index (χ0v) is 14.8. The van der Waals surface area contributed by atoms with Gasteiger partial charge in [-0.05, 0) is 48.2 Å². The molecule has 2 rings (SSSR count). The minimum Gasteiger partial charge on any atom is -0.493 e. The Bertz CT molecular complexity index is 751. The number of methoxy groups -OCH3 is 1. The first-order chi connectivity index (χ1) is 12.5. The number of aliphatic imine (C=N–C) groups is 1. The third kappa shape index (κ3) is 5.91. The van der Waals surface area contributed by atoms with Gasteiger partial charge in [0, 0.05) is 12.2 Å². The molecule has 0 aliphatic rings. The summed E-state index contributed by atoms with van der Waals surface area (Å²) in [4.78, 5) is 4.27. The fourth-order valence-electron chi connectivity index (χ4n) is 2.43. The van der Waals surface area contributed by atoms with Crippen molar-refractivity contribution in [2.24, 2.45) is 10.7 Å². The molecular formula is C19H23F2N3O2. The number of hydrogen-bond acceptors (Lipinski definition) is 3. The van der Waals surface area contributed by atoms with Gasteiger partial charge in [0.15, 0.2) is 17.5 Å². The molecule has 0 heterocycles. The highest BCUT2D eigenvalue weighted by atomic mass is 19.3. The quantitative estimate of drug-likeness (QED) is 0.552. The third-order valence-electron chi connectivity index (χ3n) is 3.73. The molecule has 0 aliphatic heterocycles. The first-order valence-electron chi connectivity index (χ1n) is 8.29. The van der Waals surface area contributed by atoms with E-state index in [2.05, 4.69) is 22.0 Å². The van der Waals surface area contributed by atoms with Crippen LogP contribution in [0.1, 0.15) is 18.1 Å². The zero-order valence-electron chi connectivity index (χ0n) is 14.8. The maximum atomic E-state index is 12.5. The largest absolute Gasteiger partial charge is 0.493 e. The van der Waals surface area contributed by atoms with Crippen molar-refractivity contribution in [3.63, 3.8) is 0 Å². The molecule has 2 aromatic carbocycles. The van der Waals surface area contributed by atoms with Gasteiger partial charge in [-0.2, -0.15) is 8.78 Å². The van der Waals surface area contributed by atoms with Crippen LogP contribution in [0.2, 0.25) is 0 Å². The number of nitrogens with one attached hydrogen (secondary N) is 1. The number of alkyl halides is 2. The minimum atomic E-state index is -2.91. The highest BCUT2D eigenvalue weighted by Crippen LogP contribution is 2.29. The van der Waals surface area contributed by atoms with E-state index in [0.29, 0.717) is 18.9 Å². The molecule has 0 saturated carbocycles. The van der Waals surface area contributed by atoms with Gasteiger partial charge in [0.25, 0.3) is 0 Å². The van der Waals surface area contributed by atoms with Gasteiger partial charge < -0.3 is 20.5 Å². The molecule has 0 amide bonds. The molecule has 0 aromatic heterocycles.